The minimum absolute atomic E-state index is 0.140. The maximum atomic E-state index is 12.3. The molecule has 136 valence electrons. The van der Waals surface area contributed by atoms with Crippen molar-refractivity contribution in [3.8, 4) is 0 Å². The number of nitrogens with one attached hydrogen (secondary N) is 1. The van der Waals surface area contributed by atoms with Crippen LogP contribution in [-0.2, 0) is 0 Å². The third kappa shape index (κ3) is 5.45. The fraction of sp³-hybridized carbons (Fsp3) is 0.524. The maximum absolute atomic E-state index is 12.3. The van der Waals surface area contributed by atoms with Crippen molar-refractivity contribution in [2.45, 2.75) is 59.3 Å². The molecule has 1 aromatic rings. The van der Waals surface area contributed by atoms with Crippen LogP contribution in [0.2, 0.25) is 0 Å². The molecule has 1 aliphatic carbocycles. The van der Waals surface area contributed by atoms with E-state index in [1.54, 1.807) is 0 Å². The van der Waals surface area contributed by atoms with Gasteiger partial charge in [0.1, 0.15) is 0 Å². The Labute approximate surface area is 152 Å². The average molecular weight is 341 g/mol. The quantitative estimate of drug-likeness (QED) is 0.512. The third-order valence-corrected chi connectivity index (χ3v) is 4.74. The van der Waals surface area contributed by atoms with Gasteiger partial charge in [-0.3, -0.25) is 4.79 Å². The van der Waals surface area contributed by atoms with Gasteiger partial charge in [0.2, 0.25) is 0 Å². The Morgan fingerprint density at radius 2 is 1.84 bits per heavy atom. The largest absolute Gasteiger partial charge is 0.372 e. The summed E-state index contributed by atoms with van der Waals surface area (Å²) in [5.74, 6) is -0.140. The number of nitrogens with zero attached hydrogens (tertiary/aromatic N) is 2. The van der Waals surface area contributed by atoms with E-state index in [2.05, 4.69) is 42.3 Å². The number of hydrazone groups is 1. The number of anilines is 1. The number of benzene rings is 1. The minimum atomic E-state index is -0.140. The van der Waals surface area contributed by atoms with Crippen molar-refractivity contribution < 1.29 is 4.79 Å². The van der Waals surface area contributed by atoms with Gasteiger partial charge in [0.25, 0.3) is 5.91 Å². The molecule has 4 heteroatoms. The van der Waals surface area contributed by atoms with Gasteiger partial charge in [-0.25, -0.2) is 5.43 Å². The first-order valence-corrected chi connectivity index (χ1v) is 9.60. The highest BCUT2D eigenvalue weighted by Gasteiger charge is 2.14. The summed E-state index contributed by atoms with van der Waals surface area (Å²) in [7, 11) is 0. The van der Waals surface area contributed by atoms with Crippen LogP contribution in [0, 0.1) is 0 Å². The molecule has 0 heterocycles. The van der Waals surface area contributed by atoms with E-state index in [1.165, 1.54) is 24.8 Å². The van der Waals surface area contributed by atoms with Gasteiger partial charge in [0, 0.05) is 24.3 Å². The molecule has 1 amide bonds. The molecule has 0 radical (unpaired) electrons. The monoisotopic (exact) mass is 341 g/mol. The lowest BCUT2D eigenvalue weighted by atomic mass is 10.1. The number of rotatable bonds is 9. The molecule has 0 aromatic heterocycles. The highest BCUT2D eigenvalue weighted by Crippen LogP contribution is 2.21. The van der Waals surface area contributed by atoms with Crippen molar-refractivity contribution in [2.75, 3.05) is 18.0 Å². The van der Waals surface area contributed by atoms with Gasteiger partial charge in [-0.05, 0) is 69.4 Å². The van der Waals surface area contributed by atoms with Crippen LogP contribution in [0.15, 0.2) is 41.0 Å². The molecule has 1 N–H and O–H groups in total. The van der Waals surface area contributed by atoms with Crippen LogP contribution in [-0.4, -0.2) is 24.7 Å². The lowest BCUT2D eigenvalue weighted by Gasteiger charge is -2.20. The van der Waals surface area contributed by atoms with Crippen molar-refractivity contribution in [1.29, 1.82) is 0 Å². The van der Waals surface area contributed by atoms with E-state index in [0.29, 0.717) is 5.56 Å². The summed E-state index contributed by atoms with van der Waals surface area (Å²) in [6, 6.07) is 7.74. The van der Waals surface area contributed by atoms with Crippen molar-refractivity contribution in [3.63, 3.8) is 0 Å². The number of carbonyl (C=O) groups excluding carboxylic acids is 1. The second-order valence-electron chi connectivity index (χ2n) is 6.44. The molecule has 0 atom stereocenters. The molecule has 25 heavy (non-hydrogen) atoms. The Hall–Kier alpha value is -2.10. The molecule has 0 aliphatic heterocycles. The molecule has 0 bridgehead atoms. The summed E-state index contributed by atoms with van der Waals surface area (Å²) in [6.45, 7) is 8.40. The van der Waals surface area contributed by atoms with E-state index < -0.39 is 0 Å². The summed E-state index contributed by atoms with van der Waals surface area (Å²) in [5, 5.41) is 4.39. The second-order valence-corrected chi connectivity index (χ2v) is 6.44. The standard InChI is InChI=1S/C21H31N3O/c1-4-7-8-10-17-11-9-12-20(17)22-23-21(25)18-13-15-19(16-14-18)24(5-2)6-3/h11,13-16H,4-10,12H2,1-3H3,(H,23,25)/b22-20-. The van der Waals surface area contributed by atoms with Crippen LogP contribution in [0.3, 0.4) is 0 Å². The number of amides is 1. The average Bonchev–Trinajstić information content (AvgIpc) is 3.09. The Balaban J connectivity index is 1.94. The summed E-state index contributed by atoms with van der Waals surface area (Å²) in [6.07, 6.45) is 8.97. The number of hydrogen-bond acceptors (Lipinski definition) is 3. The molecule has 0 spiro atoms. The summed E-state index contributed by atoms with van der Waals surface area (Å²) >= 11 is 0. The molecule has 1 aliphatic rings. The van der Waals surface area contributed by atoms with Crippen LogP contribution < -0.4 is 10.3 Å². The zero-order chi connectivity index (χ0) is 18.1. The maximum Gasteiger partial charge on any atom is 0.271 e. The van der Waals surface area contributed by atoms with Crippen LogP contribution >= 0.6 is 0 Å². The zero-order valence-corrected chi connectivity index (χ0v) is 15.8. The Kier molecular flexibility index (Phi) is 7.71. The summed E-state index contributed by atoms with van der Waals surface area (Å²) in [4.78, 5) is 14.6. The fourth-order valence-electron chi connectivity index (χ4n) is 3.20. The molecule has 0 fully saturated rings. The second kappa shape index (κ2) is 10.0. The van der Waals surface area contributed by atoms with Crippen molar-refractivity contribution in [2.24, 2.45) is 5.10 Å². The Morgan fingerprint density at radius 3 is 2.48 bits per heavy atom. The number of unbranched alkanes of at least 4 members (excludes halogenated alkanes) is 2. The van der Waals surface area contributed by atoms with E-state index in [9.17, 15) is 4.79 Å². The molecular weight excluding hydrogens is 310 g/mol. The molecule has 0 saturated carbocycles. The first-order chi connectivity index (χ1) is 12.2. The lowest BCUT2D eigenvalue weighted by molar-refractivity contribution is 0.0955. The van der Waals surface area contributed by atoms with E-state index >= 15 is 0 Å². The molecule has 0 saturated heterocycles. The van der Waals surface area contributed by atoms with E-state index in [4.69, 9.17) is 0 Å². The van der Waals surface area contributed by atoms with E-state index in [1.807, 2.05) is 24.3 Å². The van der Waals surface area contributed by atoms with Crippen LogP contribution in [0.1, 0.15) is 69.7 Å². The smallest absolute Gasteiger partial charge is 0.271 e. The van der Waals surface area contributed by atoms with Crippen LogP contribution in [0.4, 0.5) is 5.69 Å². The van der Waals surface area contributed by atoms with E-state index in [0.717, 1.165) is 43.8 Å². The Morgan fingerprint density at radius 1 is 1.12 bits per heavy atom. The number of carbonyl (C=O) groups is 1. The highest BCUT2D eigenvalue weighted by molar-refractivity contribution is 6.03. The first kappa shape index (κ1) is 19.2. The van der Waals surface area contributed by atoms with Crippen molar-refractivity contribution in [3.05, 3.63) is 41.5 Å². The Bertz CT molecular complexity index is 613. The van der Waals surface area contributed by atoms with Crippen molar-refractivity contribution in [1.82, 2.24) is 5.43 Å². The highest BCUT2D eigenvalue weighted by atomic mass is 16.2. The van der Waals surface area contributed by atoms with Gasteiger partial charge >= 0.3 is 0 Å². The summed E-state index contributed by atoms with van der Waals surface area (Å²) in [5.41, 5.74) is 6.88. The molecular formula is C21H31N3O. The number of hydrogen-bond donors (Lipinski definition) is 1. The first-order valence-electron chi connectivity index (χ1n) is 9.60. The molecule has 2 rings (SSSR count). The van der Waals surface area contributed by atoms with Crippen LogP contribution in [0.25, 0.3) is 0 Å². The third-order valence-electron chi connectivity index (χ3n) is 4.74. The molecule has 4 nitrogen and oxygen atoms in total. The normalized spacial score (nSPS) is 15.3. The van der Waals surface area contributed by atoms with Gasteiger partial charge in [0.15, 0.2) is 0 Å². The minimum Gasteiger partial charge on any atom is -0.372 e. The molecule has 1 aromatic carbocycles. The molecule has 0 unspecified atom stereocenters. The predicted molar refractivity (Wildman–Crippen MR) is 106 cm³/mol. The number of allylic oxidation sites excluding steroid dienone is 2. The fourth-order valence-corrected chi connectivity index (χ4v) is 3.20. The topological polar surface area (TPSA) is 44.7 Å². The lowest BCUT2D eigenvalue weighted by Crippen LogP contribution is -2.22. The van der Waals surface area contributed by atoms with Crippen LogP contribution in [0.5, 0.6) is 0 Å². The van der Waals surface area contributed by atoms with Gasteiger partial charge in [-0.15, -0.1) is 0 Å². The van der Waals surface area contributed by atoms with Gasteiger partial charge in [-0.2, -0.15) is 5.10 Å². The van der Waals surface area contributed by atoms with Gasteiger partial charge in [0.05, 0.1) is 5.71 Å². The SMILES string of the molecule is CCCCCC1=CCC/C1=N/NC(=O)c1ccc(N(CC)CC)cc1. The van der Waals surface area contributed by atoms with Crippen molar-refractivity contribution >= 4 is 17.3 Å². The zero-order valence-electron chi connectivity index (χ0n) is 15.8. The van der Waals surface area contributed by atoms with E-state index in [-0.39, 0.29) is 5.91 Å². The predicted octanol–water partition coefficient (Wildman–Crippen LogP) is 4.92. The van der Waals surface area contributed by atoms with Gasteiger partial charge in [-0.1, -0.05) is 25.8 Å². The van der Waals surface area contributed by atoms with Gasteiger partial charge < -0.3 is 4.90 Å². The summed E-state index contributed by atoms with van der Waals surface area (Å²) < 4.78 is 0.